The van der Waals surface area contributed by atoms with Crippen LogP contribution in [0, 0.1) is 0 Å². The lowest BCUT2D eigenvalue weighted by Gasteiger charge is -2.24. The maximum atomic E-state index is 12.6. The molecule has 182 valence electrons. The van der Waals surface area contributed by atoms with Crippen LogP contribution in [-0.2, 0) is 34.4 Å². The van der Waals surface area contributed by atoms with E-state index in [1.807, 2.05) is 53.1 Å². The number of benzene rings is 2. The molecule has 0 aliphatic rings. The average Bonchev–Trinajstić information content (AvgIpc) is 3.29. The van der Waals surface area contributed by atoms with Gasteiger partial charge < -0.3 is 4.57 Å². The van der Waals surface area contributed by atoms with Gasteiger partial charge in [0.15, 0.2) is 38.7 Å². The number of hydrogen-bond acceptors (Lipinski definition) is 9. The number of rotatable bonds is 8. The Hall–Kier alpha value is -2.13. The predicted molar refractivity (Wildman–Crippen MR) is 138 cm³/mol. The first-order chi connectivity index (χ1) is 15.8. The zero-order valence-electron chi connectivity index (χ0n) is 18.7. The minimum absolute atomic E-state index is 0.0255. The molecule has 0 saturated carbocycles. The van der Waals surface area contributed by atoms with Crippen LogP contribution < -0.4 is 0 Å². The molecule has 9 nitrogen and oxygen atoms in total. The third-order valence-electron chi connectivity index (χ3n) is 5.70. The molecule has 0 spiro atoms. The summed E-state index contributed by atoms with van der Waals surface area (Å²) in [4.78, 5) is 9.38. The molecule has 0 unspecified atom stereocenters. The Morgan fingerprint density at radius 2 is 1.35 bits per heavy atom. The molecular formula is C20H23N3O6S4Si. The van der Waals surface area contributed by atoms with E-state index in [2.05, 4.69) is 4.98 Å². The summed E-state index contributed by atoms with van der Waals surface area (Å²) in [6, 6.07) is 14.6. The molecule has 2 aromatic carbocycles. The van der Waals surface area contributed by atoms with Crippen molar-refractivity contribution in [1.29, 1.82) is 0 Å². The standard InChI is InChI=1S/C20H23N3O6S4Si/c1-31(24,25)34(32(2,26)27,33(3,28)29)14-8-13-23-17-11-6-4-9-15(17)21-19(23)20-22-16-10-5-7-12-18(16)30-20/h4-7,9-12H,8,13-14H2,1-3H3. The highest BCUT2D eigenvalue weighted by Crippen LogP contribution is 2.34. The summed E-state index contributed by atoms with van der Waals surface area (Å²) in [5.41, 5.74) is -2.57. The number of para-hydroxylation sites is 3. The lowest BCUT2D eigenvalue weighted by Crippen LogP contribution is -2.57. The molecule has 4 rings (SSSR count). The van der Waals surface area contributed by atoms with Crippen LogP contribution in [0.2, 0.25) is 6.04 Å². The SMILES string of the molecule is CS(=O)(=O)[Si](CCCn1c(-c2nc3ccccc3s2)nc2ccccc21)(S(C)(=O)=O)S(C)(=O)=O. The molecule has 0 aliphatic carbocycles. The van der Waals surface area contributed by atoms with Crippen molar-refractivity contribution in [3.63, 3.8) is 0 Å². The van der Waals surface area contributed by atoms with Crippen molar-refractivity contribution in [3.05, 3.63) is 48.5 Å². The zero-order valence-corrected chi connectivity index (χ0v) is 22.9. The summed E-state index contributed by atoms with van der Waals surface area (Å²) in [5, 5.41) is 0.662. The normalized spacial score (nSPS) is 13.6. The van der Waals surface area contributed by atoms with Crippen LogP contribution in [0.15, 0.2) is 48.5 Å². The predicted octanol–water partition coefficient (Wildman–Crippen LogP) is 2.78. The van der Waals surface area contributed by atoms with Crippen molar-refractivity contribution in [2.75, 3.05) is 18.8 Å². The summed E-state index contributed by atoms with van der Waals surface area (Å²) in [5.74, 6) is 0.563. The molecule has 0 atom stereocenters. The van der Waals surface area contributed by atoms with E-state index in [9.17, 15) is 25.3 Å². The van der Waals surface area contributed by atoms with Crippen LogP contribution in [-0.4, -0.2) is 64.1 Å². The first kappa shape index (κ1) is 25.0. The van der Waals surface area contributed by atoms with Crippen molar-refractivity contribution >= 4 is 66.0 Å². The number of thiazole rings is 1. The molecule has 2 aromatic heterocycles. The maximum Gasteiger partial charge on any atom is 0.452 e. The molecule has 0 radical (unpaired) electrons. The van der Waals surface area contributed by atoms with Crippen LogP contribution in [0.5, 0.6) is 0 Å². The van der Waals surface area contributed by atoms with Gasteiger partial charge in [-0.1, -0.05) is 24.3 Å². The molecule has 0 bridgehead atoms. The summed E-state index contributed by atoms with van der Waals surface area (Å²) in [7, 11) is -13.1. The highest BCUT2D eigenvalue weighted by molar-refractivity contribution is 8.73. The van der Waals surface area contributed by atoms with Gasteiger partial charge in [0.1, 0.15) is 0 Å². The van der Waals surface area contributed by atoms with Gasteiger partial charge in [-0.15, -0.1) is 11.3 Å². The highest BCUT2D eigenvalue weighted by atomic mass is 32.8. The van der Waals surface area contributed by atoms with Gasteiger partial charge in [0, 0.05) is 25.3 Å². The van der Waals surface area contributed by atoms with E-state index >= 15 is 0 Å². The minimum atomic E-state index is -4.85. The molecule has 0 N–H and O–H groups in total. The molecule has 2 heterocycles. The molecule has 34 heavy (non-hydrogen) atoms. The number of imidazole rings is 1. The molecular weight excluding hydrogens is 535 g/mol. The van der Waals surface area contributed by atoms with Gasteiger partial charge in [-0.05, 0) is 36.7 Å². The van der Waals surface area contributed by atoms with Crippen molar-refractivity contribution in [2.24, 2.45) is 0 Å². The number of aryl methyl sites for hydroxylation is 1. The second-order valence-electron chi connectivity index (χ2n) is 8.17. The second kappa shape index (κ2) is 8.51. The summed E-state index contributed by atoms with van der Waals surface area (Å²) in [6.07, 6.45) is 2.15. The van der Waals surface area contributed by atoms with Gasteiger partial charge in [0.2, 0.25) is 0 Å². The van der Waals surface area contributed by atoms with Gasteiger partial charge >= 0.3 is 5.52 Å². The maximum absolute atomic E-state index is 12.6. The Morgan fingerprint density at radius 3 is 1.94 bits per heavy atom. The Bertz CT molecular complexity index is 1610. The van der Waals surface area contributed by atoms with E-state index < -0.39 is 39.4 Å². The van der Waals surface area contributed by atoms with Crippen LogP contribution in [0.25, 0.3) is 32.1 Å². The van der Waals surface area contributed by atoms with Gasteiger partial charge in [0.05, 0.1) is 21.3 Å². The van der Waals surface area contributed by atoms with Crippen LogP contribution in [0.1, 0.15) is 6.42 Å². The van der Waals surface area contributed by atoms with Crippen molar-refractivity contribution < 1.29 is 25.3 Å². The third kappa shape index (κ3) is 4.10. The minimum Gasteiger partial charge on any atom is -0.322 e. The van der Waals surface area contributed by atoms with E-state index in [1.165, 1.54) is 11.3 Å². The fraction of sp³-hybridized carbons (Fsp3) is 0.300. The molecule has 14 heteroatoms. The Labute approximate surface area is 202 Å². The zero-order chi connectivity index (χ0) is 24.9. The van der Waals surface area contributed by atoms with E-state index in [1.54, 1.807) is 0 Å². The average molecular weight is 558 g/mol. The van der Waals surface area contributed by atoms with E-state index in [4.69, 9.17) is 4.98 Å². The van der Waals surface area contributed by atoms with Crippen molar-refractivity contribution in [1.82, 2.24) is 14.5 Å². The highest BCUT2D eigenvalue weighted by Gasteiger charge is 2.64. The third-order valence-corrected chi connectivity index (χ3v) is 39.4. The van der Waals surface area contributed by atoms with Crippen molar-refractivity contribution in [3.8, 4) is 10.8 Å². The van der Waals surface area contributed by atoms with Crippen molar-refractivity contribution in [2.45, 2.75) is 19.0 Å². The summed E-state index contributed by atoms with van der Waals surface area (Å²) < 4.78 is 78.5. The largest absolute Gasteiger partial charge is 0.452 e. The fourth-order valence-electron chi connectivity index (χ4n) is 4.27. The van der Waals surface area contributed by atoms with E-state index in [-0.39, 0.29) is 13.0 Å². The monoisotopic (exact) mass is 557 g/mol. The Balaban J connectivity index is 1.79. The van der Waals surface area contributed by atoms with Crippen LogP contribution in [0.3, 0.4) is 0 Å². The lowest BCUT2D eigenvalue weighted by atomic mass is 10.3. The first-order valence-corrected chi connectivity index (χ1v) is 21.0. The number of fused-ring (bicyclic) bond motifs is 2. The van der Waals surface area contributed by atoms with E-state index in [0.29, 0.717) is 35.1 Å². The van der Waals surface area contributed by atoms with Gasteiger partial charge in [-0.2, -0.15) is 0 Å². The molecule has 0 amide bonds. The number of nitrogens with zero attached hydrogens (tertiary/aromatic N) is 3. The number of aromatic nitrogens is 3. The molecule has 0 fully saturated rings. The number of hydrogen-bond donors (Lipinski definition) is 0. The first-order valence-electron chi connectivity index (χ1n) is 10.2. The second-order valence-corrected chi connectivity index (χ2v) is 31.0. The lowest BCUT2D eigenvalue weighted by molar-refractivity contribution is 0.603. The Kier molecular flexibility index (Phi) is 6.25. The summed E-state index contributed by atoms with van der Waals surface area (Å²) in [6.45, 7) is 0.182. The topological polar surface area (TPSA) is 133 Å². The van der Waals surface area contributed by atoms with E-state index in [0.717, 1.165) is 15.7 Å². The van der Waals surface area contributed by atoms with Gasteiger partial charge in [0.25, 0.3) is 0 Å². The summed E-state index contributed by atoms with van der Waals surface area (Å²) >= 11 is 1.46. The van der Waals surface area contributed by atoms with Crippen LogP contribution in [0.4, 0.5) is 0 Å². The smallest absolute Gasteiger partial charge is 0.322 e. The molecule has 4 aromatic rings. The van der Waals surface area contributed by atoms with Gasteiger partial charge in [-0.3, -0.25) is 0 Å². The molecule has 0 aliphatic heterocycles. The Morgan fingerprint density at radius 1 is 0.794 bits per heavy atom. The molecule has 0 saturated heterocycles. The van der Waals surface area contributed by atoms with Gasteiger partial charge in [-0.25, -0.2) is 35.2 Å². The fourth-order valence-corrected chi connectivity index (χ4v) is 33.0. The van der Waals surface area contributed by atoms with Crippen LogP contribution >= 0.6 is 11.3 Å². The quantitative estimate of drug-likeness (QED) is 0.302.